The monoisotopic (exact) mass is 388 g/mol. The van der Waals surface area contributed by atoms with Gasteiger partial charge in [-0.3, -0.25) is 0 Å². The molecule has 0 radical (unpaired) electrons. The van der Waals surface area contributed by atoms with E-state index in [1.165, 1.54) is 0 Å². The molecule has 4 nitrogen and oxygen atoms in total. The molecule has 8 heteroatoms. The summed E-state index contributed by atoms with van der Waals surface area (Å²) in [5, 5.41) is 12.6. The highest BCUT2D eigenvalue weighted by molar-refractivity contribution is 5.91. The topological polar surface area (TPSA) is 62.1 Å². The van der Waals surface area contributed by atoms with Crippen LogP contribution in [0.3, 0.4) is 0 Å². The molecule has 0 spiro atoms. The van der Waals surface area contributed by atoms with Gasteiger partial charge in [0.1, 0.15) is 6.17 Å². The molecule has 0 saturated heterocycles. The van der Waals surface area contributed by atoms with E-state index in [1.54, 1.807) is 20.8 Å². The summed E-state index contributed by atoms with van der Waals surface area (Å²) in [7, 11) is 0. The van der Waals surface area contributed by atoms with Crippen LogP contribution in [-0.4, -0.2) is 24.9 Å². The van der Waals surface area contributed by atoms with Crippen LogP contribution in [0, 0.1) is 29.1 Å². The summed E-state index contributed by atoms with van der Waals surface area (Å²) in [5.41, 5.74) is 1.04. The van der Waals surface area contributed by atoms with Crippen LogP contribution < -0.4 is 5.32 Å². The lowest BCUT2D eigenvalue weighted by molar-refractivity contribution is -0.205. The van der Waals surface area contributed by atoms with Crippen LogP contribution in [0.4, 0.5) is 17.6 Å². The molecule has 0 bridgehead atoms. The number of dihydropyridines is 1. The van der Waals surface area contributed by atoms with Gasteiger partial charge in [0.15, 0.2) is 0 Å². The van der Waals surface area contributed by atoms with Gasteiger partial charge in [-0.2, -0.15) is 18.4 Å². The van der Waals surface area contributed by atoms with E-state index in [2.05, 4.69) is 5.32 Å². The van der Waals surface area contributed by atoms with E-state index in [-0.39, 0.29) is 30.6 Å². The van der Waals surface area contributed by atoms with Gasteiger partial charge < -0.3 is 10.1 Å². The molecule has 0 aromatic carbocycles. The summed E-state index contributed by atoms with van der Waals surface area (Å²) in [6, 6.07) is 1.97. The quantitative estimate of drug-likeness (QED) is 0.567. The summed E-state index contributed by atoms with van der Waals surface area (Å²) in [4.78, 5) is 12.6. The predicted molar refractivity (Wildman–Crippen MR) is 90.7 cm³/mol. The lowest BCUT2D eigenvalue weighted by Gasteiger charge is -2.41. The Morgan fingerprint density at radius 2 is 2.00 bits per heavy atom. The summed E-state index contributed by atoms with van der Waals surface area (Å²) in [5.74, 6) is -4.77. The Kier molecular flexibility index (Phi) is 6.55. The Morgan fingerprint density at radius 1 is 1.33 bits per heavy atom. The second-order valence-electron chi connectivity index (χ2n) is 6.94. The van der Waals surface area contributed by atoms with Crippen molar-refractivity contribution in [2.45, 2.75) is 58.8 Å². The first-order valence-corrected chi connectivity index (χ1v) is 9.14. The fraction of sp³-hybridized carbons (Fsp3) is 0.684. The maximum absolute atomic E-state index is 13.8. The number of carbonyl (C=O) groups excluding carboxylic acids is 1. The first-order valence-electron chi connectivity index (χ1n) is 9.14. The molecule has 1 N–H and O–H groups in total. The lowest BCUT2D eigenvalue weighted by Crippen LogP contribution is -2.44. The maximum Gasteiger partial charge on any atom is 0.392 e. The van der Waals surface area contributed by atoms with Crippen molar-refractivity contribution in [3.8, 4) is 6.07 Å². The van der Waals surface area contributed by atoms with E-state index >= 15 is 0 Å². The predicted octanol–water partition coefficient (Wildman–Crippen LogP) is 4.55. The summed E-state index contributed by atoms with van der Waals surface area (Å²) in [6.07, 6.45) is -6.49. The van der Waals surface area contributed by atoms with Crippen molar-refractivity contribution in [1.82, 2.24) is 5.32 Å². The lowest BCUT2D eigenvalue weighted by atomic mass is 9.65. The zero-order chi connectivity index (χ0) is 20.4. The van der Waals surface area contributed by atoms with Gasteiger partial charge >= 0.3 is 12.1 Å². The van der Waals surface area contributed by atoms with Gasteiger partial charge in [0.2, 0.25) is 0 Å². The molecule has 0 aromatic rings. The first kappa shape index (κ1) is 21.3. The van der Waals surface area contributed by atoms with E-state index in [4.69, 9.17) is 4.74 Å². The number of alkyl halides is 4. The average molecular weight is 388 g/mol. The standard InChI is InChI=1S/C19H24F4N2O2/c1-4-15-17(18(26)27-5-2)16(13(9-24)10(3)25-15)12-7-6-11(20)8-14(12)19(21,22)23/h11-12,14,16,25H,4-8H2,1-3H3. The third kappa shape index (κ3) is 4.28. The molecular formula is C19H24F4N2O2. The summed E-state index contributed by atoms with van der Waals surface area (Å²) in [6.45, 7) is 5.04. The Hall–Kier alpha value is -2.04. The van der Waals surface area contributed by atoms with Crippen molar-refractivity contribution in [3.05, 3.63) is 22.5 Å². The van der Waals surface area contributed by atoms with Crippen molar-refractivity contribution in [1.29, 1.82) is 5.26 Å². The minimum absolute atomic E-state index is 0.0174. The molecule has 1 aliphatic heterocycles. The van der Waals surface area contributed by atoms with E-state index in [9.17, 15) is 27.6 Å². The summed E-state index contributed by atoms with van der Waals surface area (Å²) >= 11 is 0. The van der Waals surface area contributed by atoms with E-state index < -0.39 is 42.5 Å². The second kappa shape index (κ2) is 8.32. The minimum atomic E-state index is -4.61. The SMILES string of the molecule is CCOC(=O)C1=C(CC)NC(C)=C(C#N)C1C1CCC(F)CC1C(F)(F)F. The number of nitrogens with zero attached hydrogens (tertiary/aromatic N) is 1. The molecule has 27 heavy (non-hydrogen) atoms. The van der Waals surface area contributed by atoms with E-state index in [0.29, 0.717) is 17.8 Å². The smallest absolute Gasteiger partial charge is 0.392 e. The third-order valence-electron chi connectivity index (χ3n) is 5.35. The van der Waals surface area contributed by atoms with Crippen molar-refractivity contribution in [2.75, 3.05) is 6.61 Å². The number of hydrogen-bond donors (Lipinski definition) is 1. The van der Waals surface area contributed by atoms with Gasteiger partial charge in [-0.15, -0.1) is 0 Å². The molecule has 2 rings (SSSR count). The van der Waals surface area contributed by atoms with Crippen LogP contribution in [0.2, 0.25) is 0 Å². The fourth-order valence-electron chi connectivity index (χ4n) is 4.16. The summed E-state index contributed by atoms with van der Waals surface area (Å²) < 4.78 is 59.9. The highest BCUT2D eigenvalue weighted by atomic mass is 19.4. The van der Waals surface area contributed by atoms with Crippen LogP contribution in [-0.2, 0) is 9.53 Å². The Balaban J connectivity index is 2.61. The van der Waals surface area contributed by atoms with E-state index in [1.807, 2.05) is 6.07 Å². The molecule has 4 atom stereocenters. The molecule has 0 aromatic heterocycles. The van der Waals surface area contributed by atoms with E-state index in [0.717, 1.165) is 0 Å². The van der Waals surface area contributed by atoms with Crippen LogP contribution in [0.25, 0.3) is 0 Å². The van der Waals surface area contributed by atoms with Gasteiger partial charge in [0.25, 0.3) is 0 Å². The van der Waals surface area contributed by atoms with Gasteiger partial charge in [-0.05, 0) is 45.4 Å². The third-order valence-corrected chi connectivity index (χ3v) is 5.35. The number of ether oxygens (including phenoxy) is 1. The average Bonchev–Trinajstić information content (AvgIpc) is 2.60. The normalized spacial score (nSPS) is 29.3. The van der Waals surface area contributed by atoms with Crippen LogP contribution in [0.1, 0.15) is 46.5 Å². The molecule has 2 aliphatic rings. The molecule has 150 valence electrons. The molecule has 4 unspecified atom stereocenters. The maximum atomic E-state index is 13.8. The van der Waals surface area contributed by atoms with Crippen molar-refractivity contribution >= 4 is 5.97 Å². The number of esters is 1. The number of hydrogen-bond acceptors (Lipinski definition) is 4. The zero-order valence-corrected chi connectivity index (χ0v) is 15.6. The largest absolute Gasteiger partial charge is 0.463 e. The van der Waals surface area contributed by atoms with Gasteiger partial charge in [-0.1, -0.05) is 6.92 Å². The number of nitrogens with one attached hydrogen (secondary N) is 1. The number of rotatable bonds is 4. The number of allylic oxidation sites excluding steroid dienone is 3. The highest BCUT2D eigenvalue weighted by Gasteiger charge is 2.53. The number of carbonyl (C=O) groups is 1. The minimum Gasteiger partial charge on any atom is -0.463 e. The first-order chi connectivity index (χ1) is 12.6. The number of nitriles is 1. The molecule has 1 saturated carbocycles. The van der Waals surface area contributed by atoms with Crippen molar-refractivity contribution < 1.29 is 27.1 Å². The Bertz CT molecular complexity index is 691. The van der Waals surface area contributed by atoms with Crippen LogP contribution in [0.15, 0.2) is 22.5 Å². The van der Waals surface area contributed by atoms with Crippen molar-refractivity contribution in [2.24, 2.45) is 17.8 Å². The molecule has 0 amide bonds. The number of halogens is 4. The van der Waals surface area contributed by atoms with Gasteiger partial charge in [0, 0.05) is 17.3 Å². The van der Waals surface area contributed by atoms with Gasteiger partial charge in [-0.25, -0.2) is 9.18 Å². The van der Waals surface area contributed by atoms with Crippen LogP contribution >= 0.6 is 0 Å². The van der Waals surface area contributed by atoms with Crippen molar-refractivity contribution in [3.63, 3.8) is 0 Å². The highest BCUT2D eigenvalue weighted by Crippen LogP contribution is 2.50. The zero-order valence-electron chi connectivity index (χ0n) is 15.6. The molecule has 1 heterocycles. The fourth-order valence-corrected chi connectivity index (χ4v) is 4.16. The second-order valence-corrected chi connectivity index (χ2v) is 6.94. The van der Waals surface area contributed by atoms with Gasteiger partial charge in [0.05, 0.1) is 29.7 Å². The molecular weight excluding hydrogens is 364 g/mol. The molecule has 1 aliphatic carbocycles. The Morgan fingerprint density at radius 3 is 2.52 bits per heavy atom. The van der Waals surface area contributed by atoms with Crippen LogP contribution in [0.5, 0.6) is 0 Å². The molecule has 1 fully saturated rings. The Labute approximate surface area is 156 Å².